The molecular formula is C20H26O2. The van der Waals surface area contributed by atoms with Crippen molar-refractivity contribution in [3.8, 4) is 12.3 Å². The Morgan fingerprint density at radius 1 is 1.27 bits per heavy atom. The third-order valence-corrected chi connectivity index (χ3v) is 6.77. The van der Waals surface area contributed by atoms with Gasteiger partial charge in [0.1, 0.15) is 0 Å². The lowest BCUT2D eigenvalue weighted by atomic mass is 9.44. The predicted octanol–water partition coefficient (Wildman–Crippen LogP) is 3.66. The minimum Gasteiger partial charge on any atom is -0.393 e. The van der Waals surface area contributed by atoms with Gasteiger partial charge in [0.15, 0.2) is 5.78 Å². The molecule has 22 heavy (non-hydrogen) atoms. The van der Waals surface area contributed by atoms with Crippen LogP contribution in [0.15, 0.2) is 23.3 Å². The summed E-state index contributed by atoms with van der Waals surface area (Å²) in [6, 6.07) is 0. The maximum absolute atomic E-state index is 12.3. The van der Waals surface area contributed by atoms with Gasteiger partial charge in [-0.05, 0) is 66.6 Å². The average molecular weight is 298 g/mol. The lowest BCUT2D eigenvalue weighted by Gasteiger charge is -2.60. The topological polar surface area (TPSA) is 37.3 Å². The van der Waals surface area contributed by atoms with Crippen LogP contribution in [0, 0.1) is 34.5 Å². The standard InChI is InChI=1S/C20H26O2/c1-6-20-10-7-15-18(3,4)17(22)8-9-19(15,5)16(20)11-14(21)13(2)12-20/h1,11-12,15,17,22H,7-10H2,2-5H3/t15-,17-,19-,20-/m0/s1. The van der Waals surface area contributed by atoms with E-state index in [2.05, 4.69) is 26.7 Å². The summed E-state index contributed by atoms with van der Waals surface area (Å²) in [6.07, 6.45) is 13.0. The molecule has 0 spiro atoms. The second-order valence-electron chi connectivity index (χ2n) is 8.25. The Kier molecular flexibility index (Phi) is 3.24. The number of terminal acetylenes is 1. The van der Waals surface area contributed by atoms with Crippen LogP contribution in [0.25, 0.3) is 0 Å². The largest absolute Gasteiger partial charge is 0.393 e. The van der Waals surface area contributed by atoms with Crippen LogP contribution in [0.4, 0.5) is 0 Å². The molecule has 4 atom stereocenters. The number of fused-ring (bicyclic) bond motifs is 3. The predicted molar refractivity (Wildman–Crippen MR) is 88.0 cm³/mol. The highest BCUT2D eigenvalue weighted by molar-refractivity contribution is 6.05. The summed E-state index contributed by atoms with van der Waals surface area (Å²) in [5.41, 5.74) is 1.24. The van der Waals surface area contributed by atoms with E-state index in [0.29, 0.717) is 5.92 Å². The first-order valence-electron chi connectivity index (χ1n) is 8.30. The normalized spacial score (nSPS) is 43.4. The number of hydrogen-bond acceptors (Lipinski definition) is 2. The van der Waals surface area contributed by atoms with E-state index < -0.39 is 5.41 Å². The smallest absolute Gasteiger partial charge is 0.181 e. The molecule has 0 aromatic carbocycles. The Bertz CT molecular complexity index is 631. The average Bonchev–Trinajstić information content (AvgIpc) is 2.46. The molecule has 2 nitrogen and oxygen atoms in total. The molecule has 118 valence electrons. The molecular weight excluding hydrogens is 272 g/mol. The van der Waals surface area contributed by atoms with Crippen LogP contribution in [-0.2, 0) is 4.79 Å². The zero-order valence-electron chi connectivity index (χ0n) is 14.1. The van der Waals surface area contributed by atoms with Crippen LogP contribution in [0.1, 0.15) is 53.4 Å². The second-order valence-corrected chi connectivity index (χ2v) is 8.25. The van der Waals surface area contributed by atoms with Crippen molar-refractivity contribution in [3.63, 3.8) is 0 Å². The van der Waals surface area contributed by atoms with Gasteiger partial charge in [-0.2, -0.15) is 0 Å². The van der Waals surface area contributed by atoms with Crippen molar-refractivity contribution in [3.05, 3.63) is 23.3 Å². The lowest BCUT2D eigenvalue weighted by Crippen LogP contribution is -2.55. The highest BCUT2D eigenvalue weighted by Gasteiger charge is 2.59. The molecule has 3 rings (SSSR count). The summed E-state index contributed by atoms with van der Waals surface area (Å²) in [5.74, 6) is 3.45. The van der Waals surface area contributed by atoms with Crippen molar-refractivity contribution in [1.82, 2.24) is 0 Å². The third-order valence-electron chi connectivity index (χ3n) is 6.77. The molecule has 0 amide bonds. The van der Waals surface area contributed by atoms with Crippen molar-refractivity contribution in [2.45, 2.75) is 59.5 Å². The van der Waals surface area contributed by atoms with Gasteiger partial charge in [0.05, 0.1) is 11.5 Å². The first-order chi connectivity index (χ1) is 10.2. The van der Waals surface area contributed by atoms with E-state index >= 15 is 0 Å². The summed E-state index contributed by atoms with van der Waals surface area (Å²) in [4.78, 5) is 12.3. The quantitative estimate of drug-likeness (QED) is 0.693. The Morgan fingerprint density at radius 2 is 1.95 bits per heavy atom. The molecule has 0 aliphatic heterocycles. The number of ketones is 1. The first-order valence-corrected chi connectivity index (χ1v) is 8.30. The molecule has 0 aromatic rings. The number of aliphatic hydroxyl groups is 1. The fourth-order valence-corrected chi connectivity index (χ4v) is 5.39. The molecule has 0 radical (unpaired) electrons. The van der Waals surface area contributed by atoms with E-state index in [1.54, 1.807) is 0 Å². The second kappa shape index (κ2) is 4.59. The first kappa shape index (κ1) is 15.6. The minimum absolute atomic E-state index is 0.0895. The lowest BCUT2D eigenvalue weighted by molar-refractivity contribution is -0.113. The molecule has 0 bridgehead atoms. The Hall–Kier alpha value is -1.33. The van der Waals surface area contributed by atoms with Crippen molar-refractivity contribution < 1.29 is 9.90 Å². The Morgan fingerprint density at radius 3 is 2.59 bits per heavy atom. The van der Waals surface area contributed by atoms with E-state index in [1.165, 1.54) is 0 Å². The van der Waals surface area contributed by atoms with Gasteiger partial charge in [0, 0.05) is 0 Å². The summed E-state index contributed by atoms with van der Waals surface area (Å²) in [7, 11) is 0. The number of hydrogen-bond donors (Lipinski definition) is 1. The number of carbonyl (C=O) groups excluding carboxylic acids is 1. The monoisotopic (exact) mass is 298 g/mol. The fraction of sp³-hybridized carbons (Fsp3) is 0.650. The van der Waals surface area contributed by atoms with Gasteiger partial charge in [0.2, 0.25) is 0 Å². The van der Waals surface area contributed by atoms with Gasteiger partial charge in [0.25, 0.3) is 0 Å². The van der Waals surface area contributed by atoms with E-state index in [0.717, 1.165) is 36.8 Å². The molecule has 2 heteroatoms. The highest BCUT2D eigenvalue weighted by atomic mass is 16.3. The van der Waals surface area contributed by atoms with Crippen LogP contribution >= 0.6 is 0 Å². The number of aliphatic hydroxyl groups excluding tert-OH is 1. The van der Waals surface area contributed by atoms with Gasteiger partial charge in [-0.3, -0.25) is 4.79 Å². The van der Waals surface area contributed by atoms with Crippen LogP contribution in [-0.4, -0.2) is 17.0 Å². The van der Waals surface area contributed by atoms with Crippen molar-refractivity contribution >= 4 is 5.78 Å². The Labute approximate surface area is 133 Å². The van der Waals surface area contributed by atoms with Crippen LogP contribution in [0.2, 0.25) is 0 Å². The molecule has 0 saturated heterocycles. The van der Waals surface area contributed by atoms with Gasteiger partial charge >= 0.3 is 0 Å². The Balaban J connectivity index is 2.15. The van der Waals surface area contributed by atoms with E-state index in [9.17, 15) is 9.90 Å². The van der Waals surface area contributed by atoms with Crippen LogP contribution in [0.5, 0.6) is 0 Å². The van der Waals surface area contributed by atoms with Crippen LogP contribution < -0.4 is 0 Å². The molecule has 2 saturated carbocycles. The maximum atomic E-state index is 12.3. The van der Waals surface area contributed by atoms with Crippen molar-refractivity contribution in [1.29, 1.82) is 0 Å². The van der Waals surface area contributed by atoms with Crippen LogP contribution in [0.3, 0.4) is 0 Å². The van der Waals surface area contributed by atoms with E-state index in [4.69, 9.17) is 6.42 Å². The van der Waals surface area contributed by atoms with E-state index in [-0.39, 0.29) is 22.7 Å². The molecule has 0 aromatic heterocycles. The number of rotatable bonds is 0. The summed E-state index contributed by atoms with van der Waals surface area (Å²) >= 11 is 0. The highest BCUT2D eigenvalue weighted by Crippen LogP contribution is 2.65. The maximum Gasteiger partial charge on any atom is 0.181 e. The summed E-state index contributed by atoms with van der Waals surface area (Å²) in [5, 5.41) is 10.5. The SMILES string of the molecule is C#C[C@]12C=C(C)C(=O)C=C1[C@@]1(C)CC[C@H](O)C(C)(C)[C@@H]1CC2. The molecule has 3 aliphatic carbocycles. The summed E-state index contributed by atoms with van der Waals surface area (Å²) in [6.45, 7) is 8.44. The minimum atomic E-state index is -0.401. The van der Waals surface area contributed by atoms with Crippen molar-refractivity contribution in [2.24, 2.45) is 22.2 Å². The molecule has 0 heterocycles. The number of allylic oxidation sites excluding steroid dienone is 4. The van der Waals surface area contributed by atoms with Gasteiger partial charge < -0.3 is 5.11 Å². The van der Waals surface area contributed by atoms with Crippen molar-refractivity contribution in [2.75, 3.05) is 0 Å². The number of carbonyl (C=O) groups is 1. The fourth-order valence-electron chi connectivity index (χ4n) is 5.39. The molecule has 2 fully saturated rings. The summed E-state index contributed by atoms with van der Waals surface area (Å²) < 4.78 is 0. The van der Waals surface area contributed by atoms with E-state index in [1.807, 2.05) is 19.1 Å². The molecule has 0 unspecified atom stereocenters. The van der Waals surface area contributed by atoms with Gasteiger partial charge in [-0.1, -0.05) is 32.8 Å². The van der Waals surface area contributed by atoms with Gasteiger partial charge in [-0.15, -0.1) is 6.42 Å². The molecule has 1 N–H and O–H groups in total. The third kappa shape index (κ3) is 1.82. The molecule has 3 aliphatic rings. The zero-order valence-corrected chi connectivity index (χ0v) is 14.1. The zero-order chi connectivity index (χ0) is 16.3. The van der Waals surface area contributed by atoms with Gasteiger partial charge in [-0.25, -0.2) is 0 Å².